The molecule has 34 heavy (non-hydrogen) atoms. The minimum atomic E-state index is -0.502. The van der Waals surface area contributed by atoms with E-state index in [2.05, 4.69) is 5.43 Å². The summed E-state index contributed by atoms with van der Waals surface area (Å²) in [5, 5.41) is 1.49. The molecule has 0 saturated carbocycles. The van der Waals surface area contributed by atoms with Gasteiger partial charge in [-0.1, -0.05) is 48.0 Å². The number of carbonyl (C=O) groups is 2. The van der Waals surface area contributed by atoms with E-state index < -0.39 is 11.8 Å². The first-order chi connectivity index (χ1) is 16.5. The summed E-state index contributed by atoms with van der Waals surface area (Å²) in [6.45, 7) is 2.54. The van der Waals surface area contributed by atoms with Crippen LogP contribution in [0, 0.1) is 6.92 Å². The lowest BCUT2D eigenvalue weighted by atomic mass is 10.1. The summed E-state index contributed by atoms with van der Waals surface area (Å²) in [5.41, 5.74) is 4.69. The Morgan fingerprint density at radius 3 is 2.38 bits per heavy atom. The first-order valence-corrected chi connectivity index (χ1v) is 11.0. The second-order valence-electron chi connectivity index (χ2n) is 7.47. The summed E-state index contributed by atoms with van der Waals surface area (Å²) in [6, 6.07) is 19.8. The maximum Gasteiger partial charge on any atom is 0.282 e. The molecule has 0 spiro atoms. The highest BCUT2D eigenvalue weighted by Crippen LogP contribution is 2.37. The molecule has 1 N–H and O–H groups in total. The number of hydrogen-bond donors (Lipinski definition) is 1. The maximum atomic E-state index is 12.8. The number of aryl methyl sites for hydroxylation is 1. The maximum absolute atomic E-state index is 12.8. The van der Waals surface area contributed by atoms with Crippen LogP contribution in [-0.4, -0.2) is 32.1 Å². The lowest BCUT2D eigenvalue weighted by Crippen LogP contribution is -2.35. The van der Waals surface area contributed by atoms with Crippen LogP contribution in [0.5, 0.6) is 17.2 Å². The Bertz CT molecular complexity index is 1240. The van der Waals surface area contributed by atoms with E-state index in [9.17, 15) is 9.59 Å². The van der Waals surface area contributed by atoms with Crippen LogP contribution in [-0.2, 0) is 9.59 Å². The van der Waals surface area contributed by atoms with Crippen molar-refractivity contribution in [3.63, 3.8) is 0 Å². The van der Waals surface area contributed by atoms with Gasteiger partial charge in [0.1, 0.15) is 24.5 Å². The molecule has 1 aliphatic heterocycles. The number of rotatable bonds is 8. The van der Waals surface area contributed by atoms with Gasteiger partial charge in [-0.05, 0) is 54.5 Å². The van der Waals surface area contributed by atoms with Gasteiger partial charge in [0, 0.05) is 0 Å². The van der Waals surface area contributed by atoms with Gasteiger partial charge in [0.15, 0.2) is 11.5 Å². The Labute approximate surface area is 202 Å². The topological polar surface area (TPSA) is 77.1 Å². The van der Waals surface area contributed by atoms with Gasteiger partial charge in [0.25, 0.3) is 11.8 Å². The van der Waals surface area contributed by atoms with Crippen LogP contribution in [0.15, 0.2) is 72.3 Å². The van der Waals surface area contributed by atoms with Crippen LogP contribution in [0.4, 0.5) is 5.69 Å². The zero-order valence-corrected chi connectivity index (χ0v) is 19.5. The third-order valence-corrected chi connectivity index (χ3v) is 5.43. The predicted octanol–water partition coefficient (Wildman–Crippen LogP) is 4.58. The second kappa shape index (κ2) is 10.3. The third kappa shape index (κ3) is 5.00. The van der Waals surface area contributed by atoms with Crippen LogP contribution >= 0.6 is 11.6 Å². The number of halogens is 1. The number of hydrazine groups is 1. The van der Waals surface area contributed by atoms with E-state index in [0.717, 1.165) is 11.3 Å². The van der Waals surface area contributed by atoms with E-state index in [-0.39, 0.29) is 17.2 Å². The molecule has 7 nitrogen and oxygen atoms in total. The number of methoxy groups -OCH3 is 1. The minimum absolute atomic E-state index is 0.0118. The van der Waals surface area contributed by atoms with Crippen molar-refractivity contribution in [2.24, 2.45) is 0 Å². The molecule has 4 rings (SSSR count). The summed E-state index contributed by atoms with van der Waals surface area (Å²) >= 11 is 6.45. The molecule has 3 aromatic carbocycles. The molecular formula is C26H23ClN2O5. The smallest absolute Gasteiger partial charge is 0.282 e. The Hall–Kier alpha value is -3.97. The Morgan fingerprint density at radius 2 is 1.65 bits per heavy atom. The largest absolute Gasteiger partial charge is 0.493 e. The number of amides is 2. The molecule has 3 aromatic rings. The predicted molar refractivity (Wildman–Crippen MR) is 130 cm³/mol. The number of nitrogens with zero attached hydrogens (tertiary/aromatic N) is 1. The van der Waals surface area contributed by atoms with Gasteiger partial charge in [-0.25, -0.2) is 5.01 Å². The normalized spacial score (nSPS) is 14.3. The number of benzene rings is 3. The third-order valence-electron chi connectivity index (χ3n) is 5.15. The highest BCUT2D eigenvalue weighted by Gasteiger charge is 2.34. The summed E-state index contributed by atoms with van der Waals surface area (Å²) in [7, 11) is 1.49. The van der Waals surface area contributed by atoms with Crippen LogP contribution in [0.2, 0.25) is 5.02 Å². The Balaban J connectivity index is 1.48. The molecule has 1 saturated heterocycles. The average molecular weight is 479 g/mol. The van der Waals surface area contributed by atoms with Crippen molar-refractivity contribution in [3.05, 3.63) is 88.5 Å². The van der Waals surface area contributed by atoms with Gasteiger partial charge >= 0.3 is 0 Å². The molecule has 1 fully saturated rings. The molecule has 0 radical (unpaired) electrons. The number of nitrogens with one attached hydrogen (secondary N) is 1. The summed E-state index contributed by atoms with van der Waals surface area (Å²) < 4.78 is 17.0. The van der Waals surface area contributed by atoms with Gasteiger partial charge in [-0.3, -0.25) is 15.0 Å². The quantitative estimate of drug-likeness (QED) is 0.291. The average Bonchev–Trinajstić information content (AvgIpc) is 3.12. The summed E-state index contributed by atoms with van der Waals surface area (Å²) in [5.74, 6) is 0.557. The molecule has 0 aromatic heterocycles. The highest BCUT2D eigenvalue weighted by atomic mass is 35.5. The van der Waals surface area contributed by atoms with Gasteiger partial charge in [-0.15, -0.1) is 0 Å². The SMILES string of the molecule is COc1cc(C=C2C(=O)NN(c3ccccc3)C2=O)cc(Cl)c1OCCOc1ccccc1C. The van der Waals surface area contributed by atoms with Crippen molar-refractivity contribution >= 4 is 35.2 Å². The minimum Gasteiger partial charge on any atom is -0.493 e. The van der Waals surface area contributed by atoms with E-state index >= 15 is 0 Å². The van der Waals surface area contributed by atoms with Crippen molar-refractivity contribution in [1.82, 2.24) is 5.43 Å². The van der Waals surface area contributed by atoms with Crippen LogP contribution in [0.25, 0.3) is 6.08 Å². The molecule has 0 aliphatic carbocycles. The number of anilines is 1. The zero-order chi connectivity index (χ0) is 24.1. The van der Waals surface area contributed by atoms with E-state index in [4.69, 9.17) is 25.8 Å². The molecule has 1 heterocycles. The lowest BCUT2D eigenvalue weighted by molar-refractivity contribution is -0.117. The van der Waals surface area contributed by atoms with Crippen LogP contribution in [0.3, 0.4) is 0 Å². The number of hydrogen-bond acceptors (Lipinski definition) is 5. The van der Waals surface area contributed by atoms with Crippen molar-refractivity contribution in [1.29, 1.82) is 0 Å². The van der Waals surface area contributed by atoms with Crippen molar-refractivity contribution in [2.75, 3.05) is 25.3 Å². The van der Waals surface area contributed by atoms with Gasteiger partial charge < -0.3 is 14.2 Å². The van der Waals surface area contributed by atoms with Crippen LogP contribution in [0.1, 0.15) is 11.1 Å². The Kier molecular flexibility index (Phi) is 7.04. The van der Waals surface area contributed by atoms with Crippen molar-refractivity contribution in [3.8, 4) is 17.2 Å². The van der Waals surface area contributed by atoms with E-state index in [1.807, 2.05) is 37.3 Å². The molecule has 1 aliphatic rings. The van der Waals surface area contributed by atoms with E-state index in [1.54, 1.807) is 36.4 Å². The molecular weight excluding hydrogens is 456 g/mol. The Morgan fingerprint density at radius 1 is 0.941 bits per heavy atom. The molecule has 0 bridgehead atoms. The molecule has 0 atom stereocenters. The number of para-hydroxylation sites is 2. The van der Waals surface area contributed by atoms with Gasteiger partial charge in [-0.2, -0.15) is 0 Å². The molecule has 0 unspecified atom stereocenters. The highest BCUT2D eigenvalue weighted by molar-refractivity contribution is 6.33. The summed E-state index contributed by atoms with van der Waals surface area (Å²) in [6.07, 6.45) is 1.47. The van der Waals surface area contributed by atoms with E-state index in [1.165, 1.54) is 18.2 Å². The molecule has 8 heteroatoms. The molecule has 174 valence electrons. The monoisotopic (exact) mass is 478 g/mol. The van der Waals surface area contributed by atoms with Crippen molar-refractivity contribution in [2.45, 2.75) is 6.92 Å². The first kappa shape index (κ1) is 23.2. The summed E-state index contributed by atoms with van der Waals surface area (Å²) in [4.78, 5) is 25.3. The fourth-order valence-corrected chi connectivity index (χ4v) is 3.73. The number of carbonyl (C=O) groups excluding carboxylic acids is 2. The van der Waals surface area contributed by atoms with Gasteiger partial charge in [0.2, 0.25) is 0 Å². The molecule has 2 amide bonds. The fraction of sp³-hybridized carbons (Fsp3) is 0.154. The van der Waals surface area contributed by atoms with Crippen molar-refractivity contribution < 1.29 is 23.8 Å². The van der Waals surface area contributed by atoms with E-state index in [0.29, 0.717) is 29.4 Å². The van der Waals surface area contributed by atoms with Gasteiger partial charge in [0.05, 0.1) is 17.8 Å². The second-order valence-corrected chi connectivity index (χ2v) is 7.88. The fourth-order valence-electron chi connectivity index (χ4n) is 3.46. The first-order valence-electron chi connectivity index (χ1n) is 10.6. The number of ether oxygens (including phenoxy) is 3. The lowest BCUT2D eigenvalue weighted by Gasteiger charge is -2.14. The van der Waals surface area contributed by atoms with Crippen LogP contribution < -0.4 is 24.6 Å². The standard InChI is InChI=1S/C26H23ClN2O5/c1-17-8-6-7-11-22(17)33-12-13-34-24-21(27)15-18(16-23(24)32-2)14-20-25(30)28-29(26(20)31)19-9-4-3-5-10-19/h3-11,14-16H,12-13H2,1-2H3,(H,28,30). The zero-order valence-electron chi connectivity index (χ0n) is 18.7.